The Labute approximate surface area is 162 Å². The monoisotopic (exact) mass is 378 g/mol. The number of hydrogen-bond acceptors (Lipinski definition) is 4. The largest absolute Gasteiger partial charge is 0.290 e. The van der Waals surface area contributed by atoms with E-state index in [1.807, 2.05) is 32.9 Å². The number of fused-ring (bicyclic) bond motifs is 1. The summed E-state index contributed by atoms with van der Waals surface area (Å²) in [7, 11) is 0. The van der Waals surface area contributed by atoms with Gasteiger partial charge in [0.15, 0.2) is 5.69 Å². The quantitative estimate of drug-likeness (QED) is 0.682. The molecule has 2 amide bonds. The zero-order chi connectivity index (χ0) is 20.3. The number of hydrazine groups is 1. The first-order valence-electron chi connectivity index (χ1n) is 9.10. The van der Waals surface area contributed by atoms with E-state index in [4.69, 9.17) is 0 Å². The molecule has 0 unspecified atom stereocenters. The summed E-state index contributed by atoms with van der Waals surface area (Å²) >= 11 is 0. The van der Waals surface area contributed by atoms with Crippen LogP contribution in [0.4, 0.5) is 0 Å². The normalized spacial score (nSPS) is 10.7. The maximum atomic E-state index is 12.7. The molecule has 0 radical (unpaired) electrons. The van der Waals surface area contributed by atoms with Gasteiger partial charge in [0.1, 0.15) is 0 Å². The average molecular weight is 378 g/mol. The zero-order valence-electron chi connectivity index (χ0n) is 16.1. The van der Waals surface area contributed by atoms with E-state index in [9.17, 15) is 14.4 Å². The second-order valence-electron chi connectivity index (χ2n) is 6.65. The van der Waals surface area contributed by atoms with E-state index < -0.39 is 11.8 Å². The molecule has 0 aliphatic rings. The first-order valence-corrected chi connectivity index (χ1v) is 9.10. The number of amides is 2. The molecule has 0 aliphatic heterocycles. The number of rotatable bonds is 4. The summed E-state index contributed by atoms with van der Waals surface area (Å²) in [5.41, 5.74) is 7.00. The van der Waals surface area contributed by atoms with Crippen LogP contribution >= 0.6 is 0 Å². The molecule has 7 nitrogen and oxygen atoms in total. The number of carbonyl (C=O) groups excluding carboxylic acids is 2. The van der Waals surface area contributed by atoms with Gasteiger partial charge >= 0.3 is 0 Å². The molecule has 2 N–H and O–H groups in total. The average Bonchev–Trinajstić information content (AvgIpc) is 2.68. The van der Waals surface area contributed by atoms with E-state index in [0.29, 0.717) is 29.3 Å². The standard InChI is InChI=1S/C21H22N4O3/c1-4-11-25-21(28)17-8-6-5-7-16(17)18(24-25)20(27)23-22-19(26)15-10-9-13(2)12-14(15)3/h5-10,12H,4,11H2,1-3H3,(H,22,26)(H,23,27). The van der Waals surface area contributed by atoms with Crippen molar-refractivity contribution in [2.24, 2.45) is 0 Å². The maximum Gasteiger partial charge on any atom is 0.290 e. The lowest BCUT2D eigenvalue weighted by Crippen LogP contribution is -2.43. The van der Waals surface area contributed by atoms with Crippen LogP contribution in [0.2, 0.25) is 0 Å². The molecule has 0 fully saturated rings. The van der Waals surface area contributed by atoms with Crippen molar-refractivity contribution < 1.29 is 9.59 Å². The summed E-state index contributed by atoms with van der Waals surface area (Å²) in [6.45, 7) is 6.10. The zero-order valence-corrected chi connectivity index (χ0v) is 16.1. The van der Waals surface area contributed by atoms with Crippen molar-refractivity contribution in [2.45, 2.75) is 33.7 Å². The van der Waals surface area contributed by atoms with E-state index in [1.54, 1.807) is 30.3 Å². The SMILES string of the molecule is CCCn1nc(C(=O)NNC(=O)c2ccc(C)cc2C)c2ccccc2c1=O. The van der Waals surface area contributed by atoms with Crippen molar-refractivity contribution in [2.75, 3.05) is 0 Å². The summed E-state index contributed by atoms with van der Waals surface area (Å²) in [4.78, 5) is 37.6. The second kappa shape index (κ2) is 8.04. The Balaban J connectivity index is 1.88. The molecule has 0 bridgehead atoms. The van der Waals surface area contributed by atoms with E-state index in [1.165, 1.54) is 4.68 Å². The molecule has 2 aromatic carbocycles. The molecule has 3 rings (SSSR count). The van der Waals surface area contributed by atoms with Crippen molar-refractivity contribution in [3.05, 3.63) is 75.2 Å². The number of benzene rings is 2. The Morgan fingerprint density at radius 2 is 1.68 bits per heavy atom. The molecular formula is C21H22N4O3. The van der Waals surface area contributed by atoms with Crippen molar-refractivity contribution in [3.63, 3.8) is 0 Å². The van der Waals surface area contributed by atoms with Crippen molar-refractivity contribution >= 4 is 22.6 Å². The highest BCUT2D eigenvalue weighted by Crippen LogP contribution is 2.13. The minimum atomic E-state index is -0.584. The van der Waals surface area contributed by atoms with Crippen LogP contribution in [0.1, 0.15) is 45.3 Å². The van der Waals surface area contributed by atoms with Crippen molar-refractivity contribution in [1.82, 2.24) is 20.6 Å². The Hall–Kier alpha value is -3.48. The molecule has 7 heteroatoms. The number of aromatic nitrogens is 2. The highest BCUT2D eigenvalue weighted by molar-refractivity contribution is 6.06. The van der Waals surface area contributed by atoms with Crippen LogP contribution in [0.3, 0.4) is 0 Å². The third-order valence-electron chi connectivity index (χ3n) is 4.43. The van der Waals surface area contributed by atoms with Gasteiger partial charge in [0.05, 0.1) is 5.39 Å². The minimum Gasteiger partial charge on any atom is -0.267 e. The molecular weight excluding hydrogens is 356 g/mol. The Morgan fingerprint density at radius 1 is 1.00 bits per heavy atom. The molecule has 144 valence electrons. The Bertz CT molecular complexity index is 1120. The lowest BCUT2D eigenvalue weighted by Gasteiger charge is -2.12. The summed E-state index contributed by atoms with van der Waals surface area (Å²) in [5, 5.41) is 5.07. The van der Waals surface area contributed by atoms with Gasteiger partial charge in [-0.15, -0.1) is 0 Å². The number of nitrogens with zero attached hydrogens (tertiary/aromatic N) is 2. The highest BCUT2D eigenvalue weighted by Gasteiger charge is 2.17. The van der Waals surface area contributed by atoms with Crippen LogP contribution in [-0.4, -0.2) is 21.6 Å². The van der Waals surface area contributed by atoms with Crippen LogP contribution < -0.4 is 16.4 Å². The van der Waals surface area contributed by atoms with E-state index >= 15 is 0 Å². The number of aryl methyl sites for hydroxylation is 3. The van der Waals surface area contributed by atoms with Crippen LogP contribution in [0.25, 0.3) is 10.8 Å². The molecule has 3 aromatic rings. The molecule has 0 spiro atoms. The topological polar surface area (TPSA) is 93.1 Å². The van der Waals surface area contributed by atoms with Gasteiger partial charge in [0.25, 0.3) is 17.4 Å². The van der Waals surface area contributed by atoms with Crippen molar-refractivity contribution in [1.29, 1.82) is 0 Å². The van der Waals surface area contributed by atoms with E-state index in [0.717, 1.165) is 11.1 Å². The van der Waals surface area contributed by atoms with Gasteiger partial charge in [0, 0.05) is 17.5 Å². The van der Waals surface area contributed by atoms with Gasteiger partial charge in [-0.05, 0) is 38.0 Å². The second-order valence-corrected chi connectivity index (χ2v) is 6.65. The van der Waals surface area contributed by atoms with Gasteiger partial charge in [-0.2, -0.15) is 5.10 Å². The summed E-state index contributed by atoms with van der Waals surface area (Å²) in [6.07, 6.45) is 0.704. The van der Waals surface area contributed by atoms with Gasteiger partial charge in [-0.3, -0.25) is 25.2 Å². The highest BCUT2D eigenvalue weighted by atomic mass is 16.2. The molecule has 1 aromatic heterocycles. The van der Waals surface area contributed by atoms with Crippen molar-refractivity contribution in [3.8, 4) is 0 Å². The Morgan fingerprint density at radius 3 is 2.36 bits per heavy atom. The van der Waals surface area contributed by atoms with Gasteiger partial charge in [-0.1, -0.05) is 42.8 Å². The predicted octanol–water partition coefficient (Wildman–Crippen LogP) is 2.50. The van der Waals surface area contributed by atoms with E-state index in [-0.39, 0.29) is 11.3 Å². The number of carbonyl (C=O) groups is 2. The summed E-state index contributed by atoms with van der Waals surface area (Å²) < 4.78 is 1.28. The molecule has 28 heavy (non-hydrogen) atoms. The number of hydrogen-bond donors (Lipinski definition) is 2. The number of nitrogens with one attached hydrogen (secondary N) is 2. The fourth-order valence-corrected chi connectivity index (χ4v) is 3.07. The third-order valence-corrected chi connectivity index (χ3v) is 4.43. The predicted molar refractivity (Wildman–Crippen MR) is 107 cm³/mol. The Kier molecular flexibility index (Phi) is 5.54. The molecule has 0 saturated carbocycles. The third kappa shape index (κ3) is 3.78. The van der Waals surface area contributed by atoms with Crippen LogP contribution in [0, 0.1) is 13.8 Å². The fourth-order valence-electron chi connectivity index (χ4n) is 3.07. The fraction of sp³-hybridized carbons (Fsp3) is 0.238. The lowest BCUT2D eigenvalue weighted by atomic mass is 10.1. The van der Waals surface area contributed by atoms with Gasteiger partial charge in [-0.25, -0.2) is 4.68 Å². The molecule has 0 saturated heterocycles. The van der Waals surface area contributed by atoms with Crippen LogP contribution in [0.15, 0.2) is 47.3 Å². The first-order chi connectivity index (χ1) is 13.4. The van der Waals surface area contributed by atoms with Crippen LogP contribution in [0.5, 0.6) is 0 Å². The summed E-state index contributed by atoms with van der Waals surface area (Å²) in [6, 6.07) is 12.2. The van der Waals surface area contributed by atoms with E-state index in [2.05, 4.69) is 16.0 Å². The van der Waals surface area contributed by atoms with Crippen LogP contribution in [-0.2, 0) is 6.54 Å². The minimum absolute atomic E-state index is 0.0876. The van der Waals surface area contributed by atoms with Gasteiger partial charge < -0.3 is 0 Å². The molecule has 0 aliphatic carbocycles. The lowest BCUT2D eigenvalue weighted by molar-refractivity contribution is 0.0843. The first kappa shape index (κ1) is 19.3. The summed E-state index contributed by atoms with van der Waals surface area (Å²) in [5.74, 6) is -1.00. The maximum absolute atomic E-state index is 12.7. The molecule has 0 atom stereocenters. The van der Waals surface area contributed by atoms with Gasteiger partial charge in [0.2, 0.25) is 0 Å². The molecule has 1 heterocycles. The smallest absolute Gasteiger partial charge is 0.267 e.